The second kappa shape index (κ2) is 9.30. The van der Waals surface area contributed by atoms with Crippen molar-refractivity contribution < 1.29 is 14.3 Å². The minimum absolute atomic E-state index is 0.0122. The van der Waals surface area contributed by atoms with Crippen molar-refractivity contribution in [3.63, 3.8) is 0 Å². The lowest BCUT2D eigenvalue weighted by Gasteiger charge is -2.09. The van der Waals surface area contributed by atoms with Crippen LogP contribution in [-0.4, -0.2) is 39.9 Å². The Hall–Kier alpha value is -4.20. The lowest BCUT2D eigenvalue weighted by Crippen LogP contribution is -2.19. The van der Waals surface area contributed by atoms with E-state index in [1.54, 1.807) is 25.4 Å². The molecule has 1 amide bonds. The van der Waals surface area contributed by atoms with Crippen LogP contribution in [0.2, 0.25) is 0 Å². The molecule has 8 nitrogen and oxygen atoms in total. The molecule has 2 aromatic heterocycles. The zero-order chi connectivity index (χ0) is 22.5. The Morgan fingerprint density at radius 2 is 1.91 bits per heavy atom. The highest BCUT2D eigenvalue weighted by Gasteiger charge is 2.16. The van der Waals surface area contributed by atoms with Gasteiger partial charge in [-0.2, -0.15) is 0 Å². The number of hydrogen-bond acceptors (Lipinski definition) is 6. The summed E-state index contributed by atoms with van der Waals surface area (Å²) in [6.07, 6.45) is 2.33. The summed E-state index contributed by atoms with van der Waals surface area (Å²) in [6.45, 7) is 0.671. The molecule has 3 N–H and O–H groups in total. The van der Waals surface area contributed by atoms with Gasteiger partial charge in [-0.05, 0) is 36.2 Å². The van der Waals surface area contributed by atoms with E-state index in [0.717, 1.165) is 16.8 Å². The van der Waals surface area contributed by atoms with Crippen molar-refractivity contribution in [3.8, 4) is 5.88 Å². The summed E-state index contributed by atoms with van der Waals surface area (Å²) in [6, 6.07) is 18.4. The summed E-state index contributed by atoms with van der Waals surface area (Å²) in [7, 11) is 1.57. The Kier molecular flexibility index (Phi) is 6.12. The number of carbonyl (C=O) groups excluding carboxylic acids is 2. The van der Waals surface area contributed by atoms with E-state index < -0.39 is 5.91 Å². The van der Waals surface area contributed by atoms with Crippen LogP contribution in [0.1, 0.15) is 26.5 Å². The number of anilines is 1. The molecule has 0 aliphatic carbocycles. The van der Waals surface area contributed by atoms with E-state index in [9.17, 15) is 9.59 Å². The molecule has 0 radical (unpaired) electrons. The van der Waals surface area contributed by atoms with Gasteiger partial charge in [0.15, 0.2) is 11.6 Å². The molecule has 0 fully saturated rings. The highest BCUT2D eigenvalue weighted by Crippen LogP contribution is 2.22. The number of nitrogens with zero attached hydrogens (tertiary/aromatic N) is 3. The van der Waals surface area contributed by atoms with Crippen molar-refractivity contribution in [3.05, 3.63) is 83.8 Å². The van der Waals surface area contributed by atoms with Crippen LogP contribution in [0.25, 0.3) is 11.0 Å². The third-order valence-corrected chi connectivity index (χ3v) is 5.15. The van der Waals surface area contributed by atoms with Gasteiger partial charge in [-0.1, -0.05) is 30.3 Å². The third-order valence-electron chi connectivity index (χ3n) is 5.15. The molecular formula is C24H23N5O3. The average Bonchev–Trinajstić information content (AvgIpc) is 3.20. The number of amides is 1. The maximum Gasteiger partial charge on any atom is 0.284 e. The van der Waals surface area contributed by atoms with Crippen LogP contribution in [0.5, 0.6) is 5.88 Å². The third kappa shape index (κ3) is 4.59. The molecule has 0 saturated heterocycles. The highest BCUT2D eigenvalue weighted by atomic mass is 16.5. The summed E-state index contributed by atoms with van der Waals surface area (Å²) in [4.78, 5) is 32.9. The number of aromatic nitrogens is 3. The molecule has 2 heterocycles. The van der Waals surface area contributed by atoms with Crippen LogP contribution in [0.3, 0.4) is 0 Å². The first-order valence-electron chi connectivity index (χ1n) is 10.2. The zero-order valence-electron chi connectivity index (χ0n) is 17.6. The number of pyridine rings is 1. The van der Waals surface area contributed by atoms with Gasteiger partial charge in [0, 0.05) is 30.1 Å². The van der Waals surface area contributed by atoms with Crippen LogP contribution < -0.4 is 15.8 Å². The molecule has 0 bridgehead atoms. The number of imidazole rings is 1. The Balaban J connectivity index is 1.53. The number of benzene rings is 2. The maximum atomic E-state index is 12.3. The van der Waals surface area contributed by atoms with Crippen LogP contribution in [-0.2, 0) is 13.0 Å². The maximum absolute atomic E-state index is 12.3. The van der Waals surface area contributed by atoms with Crippen molar-refractivity contribution >= 4 is 28.4 Å². The molecule has 2 aromatic carbocycles. The lowest BCUT2D eigenvalue weighted by atomic mass is 10.1. The second-order valence-electron chi connectivity index (χ2n) is 7.25. The van der Waals surface area contributed by atoms with Gasteiger partial charge in [0.2, 0.25) is 5.88 Å². The van der Waals surface area contributed by atoms with Crippen molar-refractivity contribution in [1.29, 1.82) is 0 Å². The SMILES string of the molecule is COc1cc(CCn2c(C(N)=O)nc3cc(NCC(=O)c4ccccc4)ccc32)ccn1. The largest absolute Gasteiger partial charge is 0.481 e. The minimum Gasteiger partial charge on any atom is -0.481 e. The molecule has 4 aromatic rings. The number of ether oxygens (including phenoxy) is 1. The predicted molar refractivity (Wildman–Crippen MR) is 122 cm³/mol. The molecular weight excluding hydrogens is 406 g/mol. The average molecular weight is 429 g/mol. The topological polar surface area (TPSA) is 112 Å². The number of fused-ring (bicyclic) bond motifs is 1. The number of methoxy groups -OCH3 is 1. The van der Waals surface area contributed by atoms with E-state index in [1.165, 1.54) is 0 Å². The minimum atomic E-state index is -0.595. The van der Waals surface area contributed by atoms with Crippen LogP contribution in [0.15, 0.2) is 66.9 Å². The fourth-order valence-corrected chi connectivity index (χ4v) is 3.52. The molecule has 4 rings (SSSR count). The van der Waals surface area contributed by atoms with Crippen LogP contribution in [0.4, 0.5) is 5.69 Å². The number of primary amides is 1. The zero-order valence-corrected chi connectivity index (χ0v) is 17.6. The van der Waals surface area contributed by atoms with Gasteiger partial charge in [0.05, 0.1) is 24.7 Å². The standard InChI is InChI=1S/C24H23N5O3/c1-32-22-13-16(9-11-26-22)10-12-29-20-8-7-18(14-19(20)28-24(29)23(25)31)27-15-21(30)17-5-3-2-4-6-17/h2-9,11,13-14,27H,10,12,15H2,1H3,(H2,25,31). The number of aryl methyl sites for hydroxylation is 2. The summed E-state index contributed by atoms with van der Waals surface area (Å²) < 4.78 is 6.98. The monoisotopic (exact) mass is 429 g/mol. The molecule has 0 aliphatic heterocycles. The molecule has 8 heteroatoms. The van der Waals surface area contributed by atoms with E-state index in [4.69, 9.17) is 10.5 Å². The number of hydrogen-bond donors (Lipinski definition) is 2. The Labute approximate surface area is 185 Å². The Morgan fingerprint density at radius 1 is 1.09 bits per heavy atom. The van der Waals surface area contributed by atoms with E-state index in [2.05, 4.69) is 15.3 Å². The molecule has 32 heavy (non-hydrogen) atoms. The first-order chi connectivity index (χ1) is 15.5. The molecule has 0 saturated carbocycles. The van der Waals surface area contributed by atoms with E-state index in [0.29, 0.717) is 29.9 Å². The van der Waals surface area contributed by atoms with Crippen molar-refractivity contribution in [1.82, 2.24) is 14.5 Å². The van der Waals surface area contributed by atoms with Gasteiger partial charge in [-0.15, -0.1) is 0 Å². The number of Topliss-reactive ketones (excluding diaryl/α,β-unsaturated/α-hetero) is 1. The van der Waals surface area contributed by atoms with Gasteiger partial charge in [0.25, 0.3) is 5.91 Å². The lowest BCUT2D eigenvalue weighted by molar-refractivity contribution is 0.0984. The van der Waals surface area contributed by atoms with Gasteiger partial charge in [-0.25, -0.2) is 9.97 Å². The molecule has 0 spiro atoms. The van der Waals surface area contributed by atoms with Gasteiger partial charge in [0.1, 0.15) is 0 Å². The van der Waals surface area contributed by atoms with Gasteiger partial charge < -0.3 is 20.4 Å². The van der Waals surface area contributed by atoms with Crippen molar-refractivity contribution in [2.45, 2.75) is 13.0 Å². The fourth-order valence-electron chi connectivity index (χ4n) is 3.52. The predicted octanol–water partition coefficient (Wildman–Crippen LogP) is 3.08. The van der Waals surface area contributed by atoms with E-state index in [1.807, 2.05) is 53.1 Å². The Bertz CT molecular complexity index is 1270. The van der Waals surface area contributed by atoms with Gasteiger partial charge in [-0.3, -0.25) is 9.59 Å². The first kappa shape index (κ1) is 21.0. The van der Waals surface area contributed by atoms with Crippen LogP contribution in [0, 0.1) is 0 Å². The molecule has 0 unspecified atom stereocenters. The van der Waals surface area contributed by atoms with Crippen molar-refractivity contribution in [2.24, 2.45) is 5.73 Å². The van der Waals surface area contributed by atoms with Crippen molar-refractivity contribution in [2.75, 3.05) is 19.0 Å². The number of nitrogens with one attached hydrogen (secondary N) is 1. The normalized spacial score (nSPS) is 10.8. The number of nitrogens with two attached hydrogens (primary N) is 1. The smallest absolute Gasteiger partial charge is 0.284 e. The second-order valence-corrected chi connectivity index (χ2v) is 7.25. The molecule has 0 atom stereocenters. The summed E-state index contributed by atoms with van der Waals surface area (Å²) in [5.74, 6) is 0.122. The van der Waals surface area contributed by atoms with E-state index in [-0.39, 0.29) is 18.2 Å². The quantitative estimate of drug-likeness (QED) is 0.396. The van der Waals surface area contributed by atoms with Crippen LogP contribution >= 0.6 is 0 Å². The summed E-state index contributed by atoms with van der Waals surface area (Å²) >= 11 is 0. The summed E-state index contributed by atoms with van der Waals surface area (Å²) in [5.41, 5.74) is 9.41. The number of carbonyl (C=O) groups is 2. The number of rotatable bonds is 9. The summed E-state index contributed by atoms with van der Waals surface area (Å²) in [5, 5.41) is 3.13. The fraction of sp³-hybridized carbons (Fsp3) is 0.167. The molecule has 162 valence electrons. The number of ketones is 1. The van der Waals surface area contributed by atoms with Gasteiger partial charge >= 0.3 is 0 Å². The Morgan fingerprint density at radius 3 is 2.66 bits per heavy atom. The van der Waals surface area contributed by atoms with E-state index >= 15 is 0 Å². The highest BCUT2D eigenvalue weighted by molar-refractivity contribution is 5.99. The first-order valence-corrected chi connectivity index (χ1v) is 10.2. The molecule has 0 aliphatic rings.